The van der Waals surface area contributed by atoms with Crippen LogP contribution in [0.1, 0.15) is 156 Å². The summed E-state index contributed by atoms with van der Waals surface area (Å²) in [6, 6.07) is 0. The van der Waals surface area contributed by atoms with Crippen molar-refractivity contribution in [1.82, 2.24) is 0 Å². The molecule has 2 heteroatoms. The van der Waals surface area contributed by atoms with Gasteiger partial charge in [0, 0.05) is 6.42 Å². The maximum absolute atomic E-state index is 5.64. The van der Waals surface area contributed by atoms with E-state index in [0.29, 0.717) is 0 Å². The van der Waals surface area contributed by atoms with Gasteiger partial charge in [-0.15, -0.1) is 0 Å². The summed E-state index contributed by atoms with van der Waals surface area (Å²) in [6.45, 7) is 7.30. The Morgan fingerprint density at radius 3 is 1.48 bits per heavy atom. The Morgan fingerprint density at radius 2 is 1.03 bits per heavy atom. The number of rotatable bonds is 23. The smallest absolute Gasteiger partial charge is 0.183 e. The van der Waals surface area contributed by atoms with Gasteiger partial charge in [-0.3, -0.25) is 0 Å². The molecule has 0 unspecified atom stereocenters. The van der Waals surface area contributed by atoms with Gasteiger partial charge in [-0.2, -0.15) is 0 Å². The third-order valence-corrected chi connectivity index (χ3v) is 6.59. The zero-order valence-electron chi connectivity index (χ0n) is 22.7. The molecule has 0 saturated heterocycles. The second kappa shape index (κ2) is 21.5. The van der Waals surface area contributed by atoms with Crippen LogP contribution in [0, 0.1) is 0 Å². The predicted molar refractivity (Wildman–Crippen MR) is 148 cm³/mol. The second-order valence-electron chi connectivity index (χ2n) is 10.8. The Labute approximate surface area is 207 Å². The molecule has 0 N–H and O–H groups in total. The molecule has 1 aliphatic rings. The number of unbranched alkanes of at least 4 members (excludes halogenated alkanes) is 17. The summed E-state index contributed by atoms with van der Waals surface area (Å²) in [5.41, 5.74) is -0.00999. The lowest BCUT2D eigenvalue weighted by Crippen LogP contribution is -2.17. The summed E-state index contributed by atoms with van der Waals surface area (Å²) in [6.07, 6.45) is 37.9. The molecule has 0 aromatic carbocycles. The van der Waals surface area contributed by atoms with Crippen LogP contribution in [0.2, 0.25) is 0 Å². The highest BCUT2D eigenvalue weighted by Crippen LogP contribution is 2.19. The van der Waals surface area contributed by atoms with Gasteiger partial charge in [-0.05, 0) is 52.4 Å². The van der Waals surface area contributed by atoms with E-state index in [2.05, 4.69) is 50.1 Å². The Balaban J connectivity index is 1.74. The molecular weight excluding hydrogens is 402 g/mol. The van der Waals surface area contributed by atoms with E-state index in [4.69, 9.17) is 4.74 Å². The van der Waals surface area contributed by atoms with Crippen molar-refractivity contribution in [3.05, 3.63) is 24.3 Å². The van der Waals surface area contributed by atoms with Gasteiger partial charge in [0.05, 0.1) is 5.54 Å². The van der Waals surface area contributed by atoms with Gasteiger partial charge in [0.2, 0.25) is 0 Å². The first-order valence-corrected chi connectivity index (χ1v) is 14.7. The zero-order chi connectivity index (χ0) is 23.9. The normalized spacial score (nSPS) is 15.5. The first-order chi connectivity index (χ1) is 16.1. The number of allylic oxidation sites excluding steroid dienone is 4. The highest BCUT2D eigenvalue weighted by Gasteiger charge is 2.25. The van der Waals surface area contributed by atoms with Gasteiger partial charge in [0.25, 0.3) is 0 Å². The van der Waals surface area contributed by atoms with E-state index in [1.165, 1.54) is 116 Å². The second-order valence-corrected chi connectivity index (χ2v) is 10.8. The lowest BCUT2D eigenvalue weighted by Gasteiger charge is -2.07. The fourth-order valence-electron chi connectivity index (χ4n) is 4.46. The molecule has 1 aliphatic heterocycles. The van der Waals surface area contributed by atoms with Crippen LogP contribution < -0.4 is 0 Å². The molecule has 33 heavy (non-hydrogen) atoms. The summed E-state index contributed by atoms with van der Waals surface area (Å²) in [5.74, 6) is 0.954. The standard InChI is InChI=1S/C31H57NO/c1-4-5-6-7-8-9-10-11-12-13-14-15-16-17-18-19-20-21-22-23-24-25-26-27-28-30-32-31(2,3)29-33-30/h20-21,24-25H,4-19,22-23,26-29H2,1-3H3/b21-20-,25-24-. The fourth-order valence-corrected chi connectivity index (χ4v) is 4.46. The molecule has 0 aliphatic carbocycles. The largest absolute Gasteiger partial charge is 0.478 e. The molecule has 0 amide bonds. The zero-order valence-corrected chi connectivity index (χ0v) is 22.7. The van der Waals surface area contributed by atoms with Crippen molar-refractivity contribution in [3.8, 4) is 0 Å². The molecule has 0 fully saturated rings. The average molecular weight is 460 g/mol. The molecule has 0 atom stereocenters. The molecule has 1 rings (SSSR count). The maximum Gasteiger partial charge on any atom is 0.183 e. The summed E-state index contributed by atoms with van der Waals surface area (Å²) < 4.78 is 5.64. The molecule has 0 spiro atoms. The number of nitrogens with zero attached hydrogens (tertiary/aromatic N) is 1. The van der Waals surface area contributed by atoms with Crippen LogP contribution in [0.4, 0.5) is 0 Å². The number of hydrogen-bond donors (Lipinski definition) is 0. The molecule has 0 saturated carbocycles. The first-order valence-electron chi connectivity index (χ1n) is 14.7. The minimum Gasteiger partial charge on any atom is -0.478 e. The van der Waals surface area contributed by atoms with Gasteiger partial charge in [0.1, 0.15) is 6.61 Å². The van der Waals surface area contributed by atoms with Crippen LogP contribution in [0.3, 0.4) is 0 Å². The van der Waals surface area contributed by atoms with Crippen molar-refractivity contribution in [2.24, 2.45) is 4.99 Å². The molecule has 2 nitrogen and oxygen atoms in total. The van der Waals surface area contributed by atoms with Gasteiger partial charge in [0.15, 0.2) is 5.90 Å². The summed E-state index contributed by atoms with van der Waals surface area (Å²) >= 11 is 0. The monoisotopic (exact) mass is 459 g/mol. The highest BCUT2D eigenvalue weighted by molar-refractivity contribution is 5.78. The Hall–Kier alpha value is -1.05. The van der Waals surface area contributed by atoms with Crippen molar-refractivity contribution < 1.29 is 4.74 Å². The van der Waals surface area contributed by atoms with E-state index in [-0.39, 0.29) is 5.54 Å². The van der Waals surface area contributed by atoms with Crippen molar-refractivity contribution in [3.63, 3.8) is 0 Å². The number of ether oxygens (including phenoxy) is 1. The third kappa shape index (κ3) is 20.1. The van der Waals surface area contributed by atoms with E-state index in [1.807, 2.05) is 0 Å². The van der Waals surface area contributed by atoms with Crippen molar-refractivity contribution in [2.75, 3.05) is 6.61 Å². The van der Waals surface area contributed by atoms with Crippen molar-refractivity contribution in [1.29, 1.82) is 0 Å². The molecule has 0 radical (unpaired) electrons. The maximum atomic E-state index is 5.64. The van der Waals surface area contributed by atoms with Crippen LogP contribution in [0.5, 0.6) is 0 Å². The van der Waals surface area contributed by atoms with E-state index < -0.39 is 0 Å². The molecule has 0 bridgehead atoms. The third-order valence-electron chi connectivity index (χ3n) is 6.59. The molecule has 0 aromatic rings. The van der Waals surface area contributed by atoms with E-state index in [1.54, 1.807) is 0 Å². The topological polar surface area (TPSA) is 21.6 Å². The van der Waals surface area contributed by atoms with E-state index >= 15 is 0 Å². The van der Waals surface area contributed by atoms with Gasteiger partial charge in [-0.1, -0.05) is 121 Å². The summed E-state index contributed by atoms with van der Waals surface area (Å²) in [5, 5.41) is 0. The lowest BCUT2D eigenvalue weighted by atomic mass is 10.0. The van der Waals surface area contributed by atoms with E-state index in [9.17, 15) is 0 Å². The Bertz CT molecular complexity index is 517. The highest BCUT2D eigenvalue weighted by atomic mass is 16.5. The Morgan fingerprint density at radius 1 is 0.606 bits per heavy atom. The molecular formula is C31H57NO. The first kappa shape index (κ1) is 30.0. The fraction of sp³-hybridized carbons (Fsp3) is 0.839. The van der Waals surface area contributed by atoms with E-state index in [0.717, 1.165) is 31.8 Å². The number of hydrogen-bond acceptors (Lipinski definition) is 2. The van der Waals surface area contributed by atoms with Crippen LogP contribution in [-0.4, -0.2) is 18.0 Å². The molecule has 0 aromatic heterocycles. The Kier molecular flexibility index (Phi) is 19.5. The average Bonchev–Trinajstić information content (AvgIpc) is 3.15. The predicted octanol–water partition coefficient (Wildman–Crippen LogP) is 10.5. The number of aliphatic imine (C=N–C) groups is 1. The van der Waals surface area contributed by atoms with Gasteiger partial charge >= 0.3 is 0 Å². The summed E-state index contributed by atoms with van der Waals surface area (Å²) in [4.78, 5) is 4.61. The van der Waals surface area contributed by atoms with Crippen LogP contribution in [0.15, 0.2) is 29.3 Å². The van der Waals surface area contributed by atoms with Crippen molar-refractivity contribution >= 4 is 5.90 Å². The van der Waals surface area contributed by atoms with Crippen LogP contribution >= 0.6 is 0 Å². The van der Waals surface area contributed by atoms with Gasteiger partial charge in [-0.25, -0.2) is 4.99 Å². The van der Waals surface area contributed by atoms with Gasteiger partial charge < -0.3 is 4.74 Å². The van der Waals surface area contributed by atoms with Crippen LogP contribution in [-0.2, 0) is 4.74 Å². The molecule has 192 valence electrons. The van der Waals surface area contributed by atoms with Crippen molar-refractivity contribution in [2.45, 2.75) is 161 Å². The quantitative estimate of drug-likeness (QED) is 0.110. The minimum atomic E-state index is -0.00999. The van der Waals surface area contributed by atoms with Crippen LogP contribution in [0.25, 0.3) is 0 Å². The lowest BCUT2D eigenvalue weighted by molar-refractivity contribution is 0.273. The minimum absolute atomic E-state index is 0.00999. The SMILES string of the molecule is CCCCCCCCCCCCCCCCC/C=C\CC/C=C\CCCC1=NC(C)(C)CO1. The molecule has 1 heterocycles. The summed E-state index contributed by atoms with van der Waals surface area (Å²) in [7, 11) is 0.